The first-order valence-electron chi connectivity index (χ1n) is 12.9. The Labute approximate surface area is 228 Å². The molecule has 1 aliphatic carbocycles. The van der Waals surface area contributed by atoms with Crippen molar-refractivity contribution in [2.75, 3.05) is 17.5 Å². The number of carbonyl (C=O) groups is 1. The van der Waals surface area contributed by atoms with Crippen LogP contribution in [0.3, 0.4) is 0 Å². The molecule has 1 heterocycles. The van der Waals surface area contributed by atoms with E-state index in [-0.39, 0.29) is 6.04 Å². The van der Waals surface area contributed by atoms with E-state index >= 15 is 0 Å². The van der Waals surface area contributed by atoms with Gasteiger partial charge in [0.15, 0.2) is 0 Å². The van der Waals surface area contributed by atoms with E-state index in [0.29, 0.717) is 5.69 Å². The topological polar surface area (TPSA) is 115 Å². The maximum Gasteiger partial charge on any atom is 0.267 e. The van der Waals surface area contributed by atoms with E-state index in [0.717, 1.165) is 55.3 Å². The molecule has 0 fully saturated rings. The number of hydroxylamine groups is 1. The van der Waals surface area contributed by atoms with Crippen LogP contribution < -0.4 is 10.2 Å². The summed E-state index contributed by atoms with van der Waals surface area (Å²) in [7, 11) is -3.33. The van der Waals surface area contributed by atoms with Crippen molar-refractivity contribution >= 4 is 38.6 Å². The Bertz CT molecular complexity index is 1610. The lowest BCUT2D eigenvalue weighted by Crippen LogP contribution is -2.29. The lowest BCUT2D eigenvalue weighted by Gasteiger charge is -2.30. The number of H-pyrrole nitrogens is 1. The van der Waals surface area contributed by atoms with Crippen LogP contribution in [0.15, 0.2) is 79.0 Å². The Kier molecular flexibility index (Phi) is 7.83. The van der Waals surface area contributed by atoms with E-state index in [1.807, 2.05) is 24.3 Å². The maximum absolute atomic E-state index is 11.6. The molecule has 4 aromatic rings. The van der Waals surface area contributed by atoms with Gasteiger partial charge in [-0.2, -0.15) is 0 Å². The van der Waals surface area contributed by atoms with Crippen LogP contribution in [-0.2, 0) is 34.2 Å². The number of rotatable bonds is 10. The highest BCUT2D eigenvalue weighted by Gasteiger charge is 2.28. The number of aromatic nitrogens is 1. The molecule has 1 aromatic heterocycles. The van der Waals surface area contributed by atoms with Crippen LogP contribution in [0.25, 0.3) is 17.0 Å². The summed E-state index contributed by atoms with van der Waals surface area (Å²) in [6.07, 6.45) is 9.06. The summed E-state index contributed by atoms with van der Waals surface area (Å²) in [5.74, 6) is -0.561. The first-order chi connectivity index (χ1) is 18.8. The summed E-state index contributed by atoms with van der Waals surface area (Å²) < 4.78 is 25.7. The van der Waals surface area contributed by atoms with Crippen molar-refractivity contribution in [1.29, 1.82) is 0 Å². The summed E-state index contributed by atoms with van der Waals surface area (Å²) in [4.78, 5) is 17.3. The third-order valence-electron chi connectivity index (χ3n) is 7.18. The number of aromatic amines is 1. The molecular formula is C30H32N4O4S. The molecule has 1 atom stereocenters. The summed E-state index contributed by atoms with van der Waals surface area (Å²) in [6.45, 7) is 1.58. The van der Waals surface area contributed by atoms with Gasteiger partial charge in [0.25, 0.3) is 5.91 Å². The minimum Gasteiger partial charge on any atom is -0.361 e. The SMILES string of the molecule is CS(=O)(=O)Nc1ccc(CN(CCc2c[nH]c3ccccc23)[C@H]2CCc3cc(C=CC(=O)NO)ccc32)cc1. The van der Waals surface area contributed by atoms with Gasteiger partial charge in [-0.3, -0.25) is 19.6 Å². The van der Waals surface area contributed by atoms with Crippen molar-refractivity contribution in [3.05, 3.63) is 107 Å². The van der Waals surface area contributed by atoms with Gasteiger partial charge in [-0.25, -0.2) is 13.9 Å². The first kappa shape index (κ1) is 26.7. The number of hydrogen-bond donors (Lipinski definition) is 4. The van der Waals surface area contributed by atoms with Crippen molar-refractivity contribution in [2.24, 2.45) is 0 Å². The number of nitrogens with one attached hydrogen (secondary N) is 3. The molecule has 0 saturated carbocycles. The predicted molar refractivity (Wildman–Crippen MR) is 154 cm³/mol. The number of anilines is 1. The Balaban J connectivity index is 1.39. The van der Waals surface area contributed by atoms with Gasteiger partial charge in [-0.1, -0.05) is 48.5 Å². The molecule has 0 spiro atoms. The Hall–Kier alpha value is -3.92. The van der Waals surface area contributed by atoms with Gasteiger partial charge in [-0.15, -0.1) is 0 Å². The van der Waals surface area contributed by atoms with Crippen LogP contribution in [0, 0.1) is 0 Å². The lowest BCUT2D eigenvalue weighted by molar-refractivity contribution is -0.124. The number of para-hydroxylation sites is 1. The molecule has 4 N–H and O–H groups in total. The second-order valence-corrected chi connectivity index (χ2v) is 11.7. The van der Waals surface area contributed by atoms with Crippen molar-refractivity contribution in [2.45, 2.75) is 31.8 Å². The molecule has 9 heteroatoms. The van der Waals surface area contributed by atoms with E-state index < -0.39 is 15.9 Å². The number of benzene rings is 3. The third-order valence-corrected chi connectivity index (χ3v) is 7.78. The molecule has 8 nitrogen and oxygen atoms in total. The zero-order valence-corrected chi connectivity index (χ0v) is 22.5. The number of fused-ring (bicyclic) bond motifs is 2. The van der Waals surface area contributed by atoms with Gasteiger partial charge in [0.05, 0.1) is 6.26 Å². The standard InChI is InChI=1S/C30H32N4O4S/c1-39(37,38)33-25-11-6-22(7-12-25)20-34(17-16-24-19-31-28-5-3-2-4-26(24)28)29-14-10-23-18-21(8-13-27(23)29)9-15-30(35)32-36/h2-9,11-13,15,18-19,29,31,33,36H,10,14,16-17,20H2,1H3,(H,32,35)/t29-/m0/s1. The summed E-state index contributed by atoms with van der Waals surface area (Å²) in [5.41, 5.74) is 9.15. The van der Waals surface area contributed by atoms with E-state index in [4.69, 9.17) is 5.21 Å². The lowest BCUT2D eigenvalue weighted by atomic mass is 10.0. The highest BCUT2D eigenvalue weighted by molar-refractivity contribution is 7.92. The third kappa shape index (κ3) is 6.57. The molecule has 0 unspecified atom stereocenters. The van der Waals surface area contributed by atoms with Crippen molar-refractivity contribution in [3.8, 4) is 0 Å². The molecule has 202 valence electrons. The fourth-order valence-electron chi connectivity index (χ4n) is 5.38. The van der Waals surface area contributed by atoms with E-state index in [1.54, 1.807) is 23.7 Å². The average Bonchev–Trinajstić information content (AvgIpc) is 3.54. The predicted octanol–water partition coefficient (Wildman–Crippen LogP) is 4.79. The van der Waals surface area contributed by atoms with Gasteiger partial charge < -0.3 is 4.98 Å². The molecule has 0 saturated heterocycles. The Morgan fingerprint density at radius 3 is 2.69 bits per heavy atom. The Morgan fingerprint density at radius 1 is 1.13 bits per heavy atom. The fraction of sp³-hybridized carbons (Fsp3) is 0.233. The molecule has 0 bridgehead atoms. The molecule has 1 amide bonds. The highest BCUT2D eigenvalue weighted by Crippen LogP contribution is 2.37. The largest absolute Gasteiger partial charge is 0.361 e. The van der Waals surface area contributed by atoms with Crippen molar-refractivity contribution in [3.63, 3.8) is 0 Å². The van der Waals surface area contributed by atoms with E-state index in [1.165, 1.54) is 28.2 Å². The zero-order chi connectivity index (χ0) is 27.4. The second kappa shape index (κ2) is 11.4. The minimum atomic E-state index is -3.33. The Morgan fingerprint density at radius 2 is 1.92 bits per heavy atom. The van der Waals surface area contributed by atoms with Crippen LogP contribution >= 0.6 is 0 Å². The molecular weight excluding hydrogens is 512 g/mol. The van der Waals surface area contributed by atoms with Gasteiger partial charge in [0.2, 0.25) is 10.0 Å². The molecule has 1 aliphatic rings. The monoisotopic (exact) mass is 544 g/mol. The van der Waals surface area contributed by atoms with Crippen LogP contribution in [0.4, 0.5) is 5.69 Å². The summed E-state index contributed by atoms with van der Waals surface area (Å²) in [6, 6.07) is 22.4. The van der Waals surface area contributed by atoms with Crippen molar-refractivity contribution < 1.29 is 18.4 Å². The average molecular weight is 545 g/mol. The molecule has 5 rings (SSSR count). The van der Waals surface area contributed by atoms with Gasteiger partial charge in [-0.05, 0) is 71.4 Å². The summed E-state index contributed by atoms with van der Waals surface area (Å²) in [5, 5.41) is 9.98. The number of aryl methyl sites for hydroxylation is 1. The maximum atomic E-state index is 11.6. The molecule has 0 radical (unpaired) electrons. The van der Waals surface area contributed by atoms with Gasteiger partial charge in [0, 0.05) is 48.0 Å². The number of hydrogen-bond acceptors (Lipinski definition) is 5. The van der Waals surface area contributed by atoms with Gasteiger partial charge in [0.1, 0.15) is 0 Å². The van der Waals surface area contributed by atoms with Crippen LogP contribution in [0.1, 0.15) is 40.3 Å². The number of carbonyl (C=O) groups excluding carboxylic acids is 1. The molecule has 3 aromatic carbocycles. The smallest absolute Gasteiger partial charge is 0.267 e. The first-order valence-corrected chi connectivity index (χ1v) is 14.8. The van der Waals surface area contributed by atoms with Gasteiger partial charge >= 0.3 is 0 Å². The second-order valence-electron chi connectivity index (χ2n) is 9.97. The van der Waals surface area contributed by atoms with Crippen LogP contribution in [-0.4, -0.2) is 42.2 Å². The number of sulfonamides is 1. The minimum absolute atomic E-state index is 0.234. The molecule has 0 aliphatic heterocycles. The van der Waals surface area contributed by atoms with Crippen LogP contribution in [0.5, 0.6) is 0 Å². The normalized spacial score (nSPS) is 15.2. The quantitative estimate of drug-likeness (QED) is 0.130. The van der Waals surface area contributed by atoms with Crippen molar-refractivity contribution in [1.82, 2.24) is 15.4 Å². The molecule has 39 heavy (non-hydrogen) atoms. The van der Waals surface area contributed by atoms with Crippen LogP contribution in [0.2, 0.25) is 0 Å². The number of amides is 1. The van der Waals surface area contributed by atoms with E-state index in [9.17, 15) is 13.2 Å². The summed E-state index contributed by atoms with van der Waals surface area (Å²) >= 11 is 0. The fourth-order valence-corrected chi connectivity index (χ4v) is 5.95. The highest BCUT2D eigenvalue weighted by atomic mass is 32.2. The number of nitrogens with zero attached hydrogens (tertiary/aromatic N) is 1. The zero-order valence-electron chi connectivity index (χ0n) is 21.7. The van der Waals surface area contributed by atoms with E-state index in [2.05, 4.69) is 51.1 Å².